The molecular weight excluding hydrogens is 382 g/mol. The smallest absolute Gasteiger partial charge is 0.331 e. The average molecular weight is 403 g/mol. The van der Waals surface area contributed by atoms with Crippen LogP contribution in [0.15, 0.2) is 18.2 Å². The van der Waals surface area contributed by atoms with E-state index >= 15 is 0 Å². The zero-order valence-corrected chi connectivity index (χ0v) is 16.4. The Morgan fingerprint density at radius 3 is 2.89 bits per heavy atom. The summed E-state index contributed by atoms with van der Waals surface area (Å²) in [5.41, 5.74) is 7.53. The lowest BCUT2D eigenvalue weighted by molar-refractivity contribution is -0.149. The molecule has 2 aliphatic rings. The van der Waals surface area contributed by atoms with Gasteiger partial charge in [0.25, 0.3) is 0 Å². The van der Waals surface area contributed by atoms with Gasteiger partial charge in [0, 0.05) is 20.6 Å². The van der Waals surface area contributed by atoms with Crippen LogP contribution in [0, 0.1) is 0 Å². The number of urea groups is 1. The Morgan fingerprint density at radius 1 is 1.36 bits per heavy atom. The van der Waals surface area contributed by atoms with Crippen molar-refractivity contribution in [3.63, 3.8) is 0 Å². The number of hydrogen-bond donors (Lipinski definition) is 2. The lowest BCUT2D eigenvalue weighted by atomic mass is 10.1. The predicted octanol–water partition coefficient (Wildman–Crippen LogP) is -0.123. The van der Waals surface area contributed by atoms with Gasteiger partial charge in [-0.05, 0) is 11.6 Å². The van der Waals surface area contributed by atoms with Crippen LogP contribution in [0.3, 0.4) is 0 Å². The number of hydrogen-bond acceptors (Lipinski definition) is 7. The molecule has 4 rings (SSSR count). The second kappa shape index (κ2) is 6.91. The zero-order chi connectivity index (χ0) is 20.0. The van der Waals surface area contributed by atoms with Gasteiger partial charge in [0.05, 0.1) is 23.3 Å². The zero-order valence-electron chi connectivity index (χ0n) is 15.6. The molecule has 0 unspecified atom stereocenters. The number of rotatable bonds is 3. The normalized spacial score (nSPS) is 20.0. The number of aromatic nitrogens is 1. The largest absolute Gasteiger partial charge is 0.375 e. The molecule has 2 aromatic rings. The van der Waals surface area contributed by atoms with Crippen molar-refractivity contribution < 1.29 is 14.4 Å². The van der Waals surface area contributed by atoms with Crippen LogP contribution >= 0.6 is 11.3 Å². The minimum Gasteiger partial charge on any atom is -0.375 e. The maximum atomic E-state index is 12.7. The van der Waals surface area contributed by atoms with Gasteiger partial charge in [-0.3, -0.25) is 14.6 Å². The first-order valence-electron chi connectivity index (χ1n) is 8.82. The molecule has 3 heterocycles. The molecular formula is C17H21N7O3S. The number of benzene rings is 1. The minimum atomic E-state index is -0.382. The number of anilines is 1. The summed E-state index contributed by atoms with van der Waals surface area (Å²) in [7, 11) is 3.14. The van der Waals surface area contributed by atoms with Crippen LogP contribution in [-0.2, 0) is 16.1 Å². The van der Waals surface area contributed by atoms with Crippen molar-refractivity contribution in [2.24, 2.45) is 0 Å². The van der Waals surface area contributed by atoms with Gasteiger partial charge in [0.1, 0.15) is 12.7 Å². The quantitative estimate of drug-likeness (QED) is 0.738. The highest BCUT2D eigenvalue weighted by Crippen LogP contribution is 2.29. The summed E-state index contributed by atoms with van der Waals surface area (Å²) >= 11 is 1.41. The van der Waals surface area contributed by atoms with Crippen molar-refractivity contribution in [3.8, 4) is 0 Å². The maximum Gasteiger partial charge on any atom is 0.331 e. The molecule has 0 radical (unpaired) electrons. The molecule has 2 saturated heterocycles. The van der Waals surface area contributed by atoms with E-state index in [1.807, 2.05) is 18.2 Å². The Morgan fingerprint density at radius 2 is 2.14 bits per heavy atom. The summed E-state index contributed by atoms with van der Waals surface area (Å²) < 4.78 is 0.970. The number of nitrogens with zero attached hydrogens (tertiary/aromatic N) is 5. The van der Waals surface area contributed by atoms with E-state index in [0.717, 1.165) is 15.8 Å². The molecule has 0 spiro atoms. The Balaban J connectivity index is 1.58. The SMILES string of the molecule is CNC(=O)N(C)N1CC(=O)N2CC(=O)N(Cc3cccc4sc(N)nc34)C[C@@H]21. The fraction of sp³-hybridized carbons (Fsp3) is 0.412. The fourth-order valence-corrected chi connectivity index (χ4v) is 4.47. The van der Waals surface area contributed by atoms with Crippen molar-refractivity contribution in [2.75, 3.05) is 39.5 Å². The Bertz CT molecular complexity index is 961. The maximum absolute atomic E-state index is 12.7. The molecule has 4 amide bonds. The van der Waals surface area contributed by atoms with Crippen LogP contribution in [0.25, 0.3) is 10.2 Å². The first-order chi connectivity index (χ1) is 13.4. The van der Waals surface area contributed by atoms with E-state index in [4.69, 9.17) is 5.73 Å². The lowest BCUT2D eigenvalue weighted by Gasteiger charge is -2.41. The van der Waals surface area contributed by atoms with Crippen LogP contribution in [0.2, 0.25) is 0 Å². The van der Waals surface area contributed by atoms with Crippen molar-refractivity contribution >= 4 is 44.5 Å². The number of nitrogens with two attached hydrogens (primary N) is 1. The number of amides is 4. The number of para-hydroxylation sites is 1. The standard InChI is InChI=1S/C17H21N7O3S/c1-19-17(27)21(2)24-9-14(26)23-8-13(25)22(7-12(23)24)6-10-4-3-5-11-15(10)20-16(18)28-11/h3-5,12H,6-9H2,1-2H3,(H2,18,20)(H,19,27)/t12-/m0/s1. The van der Waals surface area contributed by atoms with E-state index in [-0.39, 0.29) is 37.1 Å². The topological polar surface area (TPSA) is 115 Å². The number of carbonyl (C=O) groups is 3. The number of fused-ring (bicyclic) bond motifs is 2. The van der Waals surface area contributed by atoms with Crippen LogP contribution in [0.5, 0.6) is 0 Å². The first kappa shape index (κ1) is 18.4. The van der Waals surface area contributed by atoms with Gasteiger partial charge in [-0.2, -0.15) is 5.01 Å². The second-order valence-corrected chi connectivity index (χ2v) is 7.83. The molecule has 1 aromatic heterocycles. The molecule has 11 heteroatoms. The van der Waals surface area contributed by atoms with Crippen LogP contribution in [0.1, 0.15) is 5.56 Å². The van der Waals surface area contributed by atoms with Gasteiger partial charge in [-0.1, -0.05) is 23.5 Å². The monoisotopic (exact) mass is 403 g/mol. The molecule has 1 atom stereocenters. The van der Waals surface area contributed by atoms with E-state index in [1.165, 1.54) is 28.3 Å². The van der Waals surface area contributed by atoms with Crippen LogP contribution < -0.4 is 11.1 Å². The third-order valence-corrected chi connectivity index (χ3v) is 5.99. The summed E-state index contributed by atoms with van der Waals surface area (Å²) in [5, 5.41) is 6.10. The van der Waals surface area contributed by atoms with Gasteiger partial charge in [0.15, 0.2) is 5.13 Å². The minimum absolute atomic E-state index is 0.00321. The van der Waals surface area contributed by atoms with Crippen molar-refractivity contribution in [3.05, 3.63) is 23.8 Å². The van der Waals surface area contributed by atoms with E-state index in [2.05, 4.69) is 10.3 Å². The second-order valence-electron chi connectivity index (χ2n) is 6.77. The Kier molecular flexibility index (Phi) is 4.55. The van der Waals surface area contributed by atoms with Gasteiger partial charge in [-0.15, -0.1) is 0 Å². The summed E-state index contributed by atoms with van der Waals surface area (Å²) in [6.45, 7) is 0.738. The number of hydrazine groups is 1. The molecule has 0 bridgehead atoms. The average Bonchev–Trinajstić information content (AvgIpc) is 3.21. The van der Waals surface area contributed by atoms with Crippen molar-refractivity contribution in [2.45, 2.75) is 12.7 Å². The van der Waals surface area contributed by atoms with Crippen molar-refractivity contribution in [1.82, 2.24) is 30.1 Å². The highest BCUT2D eigenvalue weighted by molar-refractivity contribution is 7.22. The molecule has 3 N–H and O–H groups in total. The van der Waals surface area contributed by atoms with Crippen molar-refractivity contribution in [1.29, 1.82) is 0 Å². The highest BCUT2D eigenvalue weighted by atomic mass is 32.1. The van der Waals surface area contributed by atoms with Gasteiger partial charge < -0.3 is 20.9 Å². The predicted molar refractivity (Wildman–Crippen MR) is 104 cm³/mol. The highest BCUT2D eigenvalue weighted by Gasteiger charge is 2.46. The third kappa shape index (κ3) is 3.02. The Hall–Kier alpha value is -2.92. The molecule has 0 aliphatic carbocycles. The number of nitrogen functional groups attached to an aromatic ring is 1. The number of nitrogens with one attached hydrogen (secondary N) is 1. The first-order valence-corrected chi connectivity index (χ1v) is 9.64. The number of carbonyl (C=O) groups excluding carboxylic acids is 3. The van der Waals surface area contributed by atoms with Crippen LogP contribution in [-0.4, -0.2) is 82.5 Å². The van der Waals surface area contributed by atoms with Gasteiger partial charge in [0.2, 0.25) is 11.8 Å². The van der Waals surface area contributed by atoms with E-state index in [9.17, 15) is 14.4 Å². The lowest BCUT2D eigenvalue weighted by Crippen LogP contribution is -2.61. The van der Waals surface area contributed by atoms with E-state index in [0.29, 0.717) is 18.2 Å². The molecule has 148 valence electrons. The van der Waals surface area contributed by atoms with Crippen LogP contribution in [0.4, 0.5) is 9.93 Å². The molecule has 0 saturated carbocycles. The number of thiazole rings is 1. The van der Waals surface area contributed by atoms with Gasteiger partial charge in [-0.25, -0.2) is 9.78 Å². The molecule has 2 fully saturated rings. The molecule has 28 heavy (non-hydrogen) atoms. The summed E-state index contributed by atoms with van der Waals surface area (Å²) in [5.74, 6) is -0.294. The summed E-state index contributed by atoms with van der Waals surface area (Å²) in [6, 6.07) is 5.47. The third-order valence-electron chi connectivity index (χ3n) is 5.14. The fourth-order valence-electron chi connectivity index (χ4n) is 3.69. The van der Waals surface area contributed by atoms with E-state index in [1.54, 1.807) is 17.0 Å². The number of piperazine rings is 1. The van der Waals surface area contributed by atoms with Gasteiger partial charge >= 0.3 is 6.03 Å². The molecule has 1 aromatic carbocycles. The van der Waals surface area contributed by atoms with E-state index < -0.39 is 0 Å². The Labute approximate surface area is 165 Å². The molecule has 2 aliphatic heterocycles. The molecule has 10 nitrogen and oxygen atoms in total. The summed E-state index contributed by atoms with van der Waals surface area (Å²) in [6.07, 6.45) is -0.382. The summed E-state index contributed by atoms with van der Waals surface area (Å²) in [4.78, 5) is 44.6.